The van der Waals surface area contributed by atoms with Crippen molar-refractivity contribution in [2.24, 2.45) is 0 Å². The molecule has 33 heavy (non-hydrogen) atoms. The van der Waals surface area contributed by atoms with Gasteiger partial charge in [0, 0.05) is 25.2 Å². The van der Waals surface area contributed by atoms with Crippen LogP contribution in [0.15, 0.2) is 47.4 Å². The van der Waals surface area contributed by atoms with Gasteiger partial charge in [0.25, 0.3) is 0 Å². The lowest BCUT2D eigenvalue weighted by atomic mass is 10.1. The second kappa shape index (κ2) is 9.94. The summed E-state index contributed by atoms with van der Waals surface area (Å²) in [6, 6.07) is 11.2. The molecule has 10 heteroatoms. The molecule has 2 amide bonds. The average Bonchev–Trinajstić information content (AvgIpc) is 3.23. The van der Waals surface area contributed by atoms with Gasteiger partial charge in [0.15, 0.2) is 9.84 Å². The summed E-state index contributed by atoms with van der Waals surface area (Å²) >= 11 is 0. The molecule has 0 spiro atoms. The molecular formula is C23H25F3N2O4S. The standard InChI is InChI=1S/C23H25F3N2O4S/c1-2-28(22(30)23(24,25)26)15-16-5-3-8-19(13-16)27-21(29)11-12-33(31,32)20-10-9-17-6-4-7-18(17)14-20/h3,5,8-10,13-14H,2,4,6-7,11-12,15H2,1H3,(H,27,29). The quantitative estimate of drug-likeness (QED) is 0.619. The number of aryl methyl sites for hydroxylation is 2. The van der Waals surface area contributed by atoms with Crippen molar-refractivity contribution in [1.82, 2.24) is 4.90 Å². The molecule has 1 N–H and O–H groups in total. The number of anilines is 1. The number of carbonyl (C=O) groups excluding carboxylic acids is 2. The van der Waals surface area contributed by atoms with E-state index < -0.39 is 27.8 Å². The predicted octanol–water partition coefficient (Wildman–Crippen LogP) is 3.89. The van der Waals surface area contributed by atoms with Crippen molar-refractivity contribution in [3.05, 3.63) is 59.2 Å². The van der Waals surface area contributed by atoms with Crippen LogP contribution in [-0.4, -0.2) is 43.6 Å². The van der Waals surface area contributed by atoms with Gasteiger partial charge in [-0.15, -0.1) is 0 Å². The van der Waals surface area contributed by atoms with Gasteiger partial charge >= 0.3 is 12.1 Å². The number of rotatable bonds is 8. The smallest absolute Gasteiger partial charge is 0.331 e. The third kappa shape index (κ3) is 6.34. The van der Waals surface area contributed by atoms with E-state index in [1.165, 1.54) is 25.1 Å². The Labute approximate surface area is 190 Å². The maximum atomic E-state index is 12.7. The highest BCUT2D eigenvalue weighted by Gasteiger charge is 2.41. The summed E-state index contributed by atoms with van der Waals surface area (Å²) in [5.41, 5.74) is 2.90. The predicted molar refractivity (Wildman–Crippen MR) is 117 cm³/mol. The van der Waals surface area contributed by atoms with E-state index >= 15 is 0 Å². The molecule has 3 rings (SSSR count). The first kappa shape index (κ1) is 24.8. The van der Waals surface area contributed by atoms with Crippen LogP contribution in [0.2, 0.25) is 0 Å². The van der Waals surface area contributed by atoms with Gasteiger partial charge < -0.3 is 10.2 Å². The molecule has 0 heterocycles. The molecule has 2 aromatic carbocycles. The largest absolute Gasteiger partial charge is 0.471 e. The minimum atomic E-state index is -4.97. The number of hydrogen-bond donors (Lipinski definition) is 1. The van der Waals surface area contributed by atoms with Crippen molar-refractivity contribution < 1.29 is 31.2 Å². The Morgan fingerprint density at radius 2 is 1.79 bits per heavy atom. The van der Waals surface area contributed by atoms with E-state index in [1.807, 2.05) is 6.07 Å². The molecule has 1 aliphatic carbocycles. The van der Waals surface area contributed by atoms with E-state index in [0.717, 1.165) is 30.4 Å². The summed E-state index contributed by atoms with van der Waals surface area (Å²) in [6.45, 7) is 1.04. The first-order valence-corrected chi connectivity index (χ1v) is 12.2. The second-order valence-corrected chi connectivity index (χ2v) is 10.0. The monoisotopic (exact) mass is 482 g/mol. The van der Waals surface area contributed by atoms with Crippen molar-refractivity contribution in [3.63, 3.8) is 0 Å². The van der Waals surface area contributed by atoms with E-state index in [1.54, 1.807) is 18.2 Å². The van der Waals surface area contributed by atoms with Gasteiger partial charge in [-0.25, -0.2) is 8.42 Å². The maximum Gasteiger partial charge on any atom is 0.471 e. The Bertz CT molecular complexity index is 1150. The lowest BCUT2D eigenvalue weighted by Crippen LogP contribution is -2.40. The third-order valence-corrected chi connectivity index (χ3v) is 7.24. The molecule has 1 aliphatic rings. The van der Waals surface area contributed by atoms with E-state index in [-0.39, 0.29) is 30.2 Å². The van der Waals surface area contributed by atoms with Crippen LogP contribution in [0.25, 0.3) is 0 Å². The van der Waals surface area contributed by atoms with E-state index in [9.17, 15) is 31.2 Å². The first-order chi connectivity index (χ1) is 15.5. The number of carbonyl (C=O) groups is 2. The molecule has 0 atom stereocenters. The normalized spacial score (nSPS) is 13.5. The van der Waals surface area contributed by atoms with Crippen LogP contribution in [-0.2, 0) is 38.8 Å². The topological polar surface area (TPSA) is 83.6 Å². The lowest BCUT2D eigenvalue weighted by molar-refractivity contribution is -0.185. The second-order valence-electron chi connectivity index (χ2n) is 7.92. The molecule has 0 bridgehead atoms. The summed E-state index contributed by atoms with van der Waals surface area (Å²) in [5.74, 6) is -2.83. The molecule has 0 saturated heterocycles. The van der Waals surface area contributed by atoms with Crippen LogP contribution in [0.4, 0.5) is 18.9 Å². The number of nitrogens with one attached hydrogen (secondary N) is 1. The van der Waals surface area contributed by atoms with Crippen LogP contribution in [0.5, 0.6) is 0 Å². The number of halogens is 3. The van der Waals surface area contributed by atoms with Gasteiger partial charge in [0.2, 0.25) is 5.91 Å². The summed E-state index contributed by atoms with van der Waals surface area (Å²) in [6.07, 6.45) is -2.44. The van der Waals surface area contributed by atoms with E-state index in [4.69, 9.17) is 0 Å². The number of alkyl halides is 3. The minimum Gasteiger partial charge on any atom is -0.331 e. The van der Waals surface area contributed by atoms with Crippen LogP contribution >= 0.6 is 0 Å². The number of amides is 2. The van der Waals surface area contributed by atoms with Gasteiger partial charge in [-0.3, -0.25) is 9.59 Å². The Balaban J connectivity index is 1.60. The summed E-state index contributed by atoms with van der Waals surface area (Å²) < 4.78 is 63.4. The third-order valence-electron chi connectivity index (χ3n) is 5.52. The summed E-state index contributed by atoms with van der Waals surface area (Å²) in [7, 11) is -3.63. The number of fused-ring (bicyclic) bond motifs is 1. The molecular weight excluding hydrogens is 457 g/mol. The fraction of sp³-hybridized carbons (Fsp3) is 0.391. The highest BCUT2D eigenvalue weighted by atomic mass is 32.2. The Hall–Kier alpha value is -2.88. The highest BCUT2D eigenvalue weighted by Crippen LogP contribution is 2.25. The van der Waals surface area contributed by atoms with Gasteiger partial charge in [-0.1, -0.05) is 18.2 Å². The Morgan fingerprint density at radius 1 is 1.06 bits per heavy atom. The van der Waals surface area contributed by atoms with Crippen LogP contribution in [0, 0.1) is 0 Å². The van der Waals surface area contributed by atoms with Crippen LogP contribution in [0.3, 0.4) is 0 Å². The zero-order chi connectivity index (χ0) is 24.2. The van der Waals surface area contributed by atoms with Crippen molar-refractivity contribution in [2.75, 3.05) is 17.6 Å². The molecule has 2 aromatic rings. The fourth-order valence-electron chi connectivity index (χ4n) is 3.78. The molecule has 0 saturated carbocycles. The van der Waals surface area contributed by atoms with Crippen LogP contribution < -0.4 is 5.32 Å². The first-order valence-electron chi connectivity index (χ1n) is 10.6. The zero-order valence-electron chi connectivity index (χ0n) is 18.1. The van der Waals surface area contributed by atoms with Gasteiger partial charge in [-0.2, -0.15) is 13.2 Å². The van der Waals surface area contributed by atoms with Crippen molar-refractivity contribution in [1.29, 1.82) is 0 Å². The number of nitrogens with zero attached hydrogens (tertiary/aromatic N) is 1. The number of hydrogen-bond acceptors (Lipinski definition) is 4. The molecule has 0 fully saturated rings. The number of sulfone groups is 1. The minimum absolute atomic E-state index is 0.129. The molecule has 178 valence electrons. The van der Waals surface area contributed by atoms with E-state index in [0.29, 0.717) is 16.2 Å². The highest BCUT2D eigenvalue weighted by molar-refractivity contribution is 7.91. The van der Waals surface area contributed by atoms with E-state index in [2.05, 4.69) is 5.32 Å². The van der Waals surface area contributed by atoms with Crippen LogP contribution in [0.1, 0.15) is 36.5 Å². The lowest BCUT2D eigenvalue weighted by Gasteiger charge is -2.22. The molecule has 0 unspecified atom stereocenters. The van der Waals surface area contributed by atoms with Gasteiger partial charge in [-0.05, 0) is 67.1 Å². The molecule has 0 aromatic heterocycles. The van der Waals surface area contributed by atoms with Crippen molar-refractivity contribution in [2.45, 2.75) is 50.2 Å². The SMILES string of the molecule is CCN(Cc1cccc(NC(=O)CCS(=O)(=O)c2ccc3c(c2)CCC3)c1)C(=O)C(F)(F)F. The van der Waals surface area contributed by atoms with Crippen molar-refractivity contribution >= 4 is 27.3 Å². The van der Waals surface area contributed by atoms with Gasteiger partial charge in [0.1, 0.15) is 0 Å². The number of benzene rings is 2. The average molecular weight is 483 g/mol. The summed E-state index contributed by atoms with van der Waals surface area (Å²) in [5, 5.41) is 2.57. The molecule has 6 nitrogen and oxygen atoms in total. The maximum absolute atomic E-state index is 12.7. The fourth-order valence-corrected chi connectivity index (χ4v) is 5.07. The van der Waals surface area contributed by atoms with Crippen molar-refractivity contribution in [3.8, 4) is 0 Å². The molecule has 0 aliphatic heterocycles. The molecule has 0 radical (unpaired) electrons. The Morgan fingerprint density at radius 3 is 2.48 bits per heavy atom. The zero-order valence-corrected chi connectivity index (χ0v) is 18.9. The summed E-state index contributed by atoms with van der Waals surface area (Å²) in [4.78, 5) is 24.7. The Kier molecular flexibility index (Phi) is 7.46. The van der Waals surface area contributed by atoms with Gasteiger partial charge in [0.05, 0.1) is 10.6 Å².